The molecule has 0 aromatic heterocycles. The number of piperidine rings is 2. The van der Waals surface area contributed by atoms with Gasteiger partial charge in [0.15, 0.2) is 5.75 Å². The second-order valence-electron chi connectivity index (χ2n) is 14.5. The second-order valence-corrected chi connectivity index (χ2v) is 14.5. The van der Waals surface area contributed by atoms with E-state index in [0.717, 1.165) is 114 Å². The first-order chi connectivity index (χ1) is 25.1. The summed E-state index contributed by atoms with van der Waals surface area (Å²) in [6.07, 6.45) is 6.57. The van der Waals surface area contributed by atoms with Crippen LogP contribution in [-0.4, -0.2) is 156 Å². The molecule has 4 heterocycles. The Morgan fingerprint density at radius 1 is 0.679 bits per heavy atom. The number of nitrogens with zero attached hydrogens (tertiary/aromatic N) is 7. The zero-order valence-corrected chi connectivity index (χ0v) is 33.0. The van der Waals surface area contributed by atoms with Crippen LogP contribution in [-0.2, 0) is 12.8 Å². The van der Waals surface area contributed by atoms with Crippen LogP contribution >= 0.6 is 0 Å². The van der Waals surface area contributed by atoms with Crippen molar-refractivity contribution in [2.24, 2.45) is 0 Å². The highest BCUT2D eigenvalue weighted by Gasteiger charge is 2.30. The quantitative estimate of drug-likeness (QED) is 0.211. The fourth-order valence-corrected chi connectivity index (χ4v) is 8.19. The van der Waals surface area contributed by atoms with Crippen molar-refractivity contribution in [1.29, 1.82) is 0 Å². The van der Waals surface area contributed by atoms with Gasteiger partial charge < -0.3 is 39.9 Å². The van der Waals surface area contributed by atoms with Gasteiger partial charge >= 0.3 is 5.69 Å². The minimum atomic E-state index is -0.360. The third-order valence-corrected chi connectivity index (χ3v) is 11.5. The first-order valence-electron chi connectivity index (χ1n) is 19.3. The summed E-state index contributed by atoms with van der Waals surface area (Å²) in [5.74, 6) is 1.15. The van der Waals surface area contributed by atoms with Gasteiger partial charge in [-0.05, 0) is 69.8 Å². The lowest BCUT2D eigenvalue weighted by Crippen LogP contribution is -2.52. The lowest BCUT2D eigenvalue weighted by molar-refractivity contribution is -0.385. The van der Waals surface area contributed by atoms with Gasteiger partial charge in [-0.1, -0.05) is 21.3 Å². The molecule has 4 saturated heterocycles. The van der Waals surface area contributed by atoms with Gasteiger partial charge in [-0.3, -0.25) is 19.9 Å². The molecule has 300 valence electrons. The van der Waals surface area contributed by atoms with Gasteiger partial charge in [-0.2, -0.15) is 0 Å². The van der Waals surface area contributed by atoms with Crippen molar-refractivity contribution in [3.63, 3.8) is 0 Å². The van der Waals surface area contributed by atoms with Crippen LogP contribution in [0.2, 0.25) is 0 Å². The number of hydrogen-bond donors (Lipinski definition) is 2. The molecule has 0 radical (unpaired) electrons. The van der Waals surface area contributed by atoms with Crippen molar-refractivity contribution in [2.45, 2.75) is 71.9 Å². The van der Waals surface area contributed by atoms with E-state index in [1.165, 1.54) is 57.4 Å². The van der Waals surface area contributed by atoms with Crippen molar-refractivity contribution in [1.82, 2.24) is 19.6 Å². The Balaban J connectivity index is 0.000000269. The van der Waals surface area contributed by atoms with Crippen LogP contribution in [0.5, 0.6) is 11.5 Å². The largest absolute Gasteiger partial charge is 0.495 e. The molecule has 13 nitrogen and oxygen atoms in total. The van der Waals surface area contributed by atoms with Crippen LogP contribution in [0.1, 0.15) is 58.1 Å². The maximum atomic E-state index is 11.3. The highest BCUT2D eigenvalue weighted by atomic mass is 16.6. The number of likely N-dealkylation sites (N-methyl/N-ethyl adjacent to an activating group) is 2. The molecule has 0 atom stereocenters. The van der Waals surface area contributed by atoms with E-state index in [1.807, 2.05) is 13.0 Å². The van der Waals surface area contributed by atoms with Gasteiger partial charge in [0.2, 0.25) is 0 Å². The molecule has 4 aliphatic rings. The number of benzene rings is 2. The van der Waals surface area contributed by atoms with Crippen molar-refractivity contribution < 1.29 is 19.5 Å². The molecule has 0 saturated carbocycles. The third kappa shape index (κ3) is 11.3. The molecule has 0 spiro atoms. The Bertz CT molecular complexity index is 1400. The lowest BCUT2D eigenvalue weighted by atomic mass is 9.99. The van der Waals surface area contributed by atoms with Crippen LogP contribution in [0.25, 0.3) is 0 Å². The number of nitro groups is 1. The average Bonchev–Trinajstić information content (AvgIpc) is 3.19. The van der Waals surface area contributed by atoms with Crippen molar-refractivity contribution in [2.75, 3.05) is 129 Å². The van der Waals surface area contributed by atoms with Crippen LogP contribution in [0.3, 0.4) is 0 Å². The molecular weight excluding hydrogens is 672 g/mol. The number of nitro benzene ring substituents is 1. The molecule has 4 aliphatic heterocycles. The van der Waals surface area contributed by atoms with Crippen LogP contribution in [0.15, 0.2) is 24.3 Å². The number of aliphatic hydroxyl groups excluding tert-OH is 1. The van der Waals surface area contributed by atoms with E-state index in [4.69, 9.17) is 20.3 Å². The molecule has 0 amide bonds. The summed E-state index contributed by atoms with van der Waals surface area (Å²) in [5.41, 5.74) is 11.6. The van der Waals surface area contributed by atoms with E-state index >= 15 is 0 Å². The summed E-state index contributed by atoms with van der Waals surface area (Å²) in [5, 5.41) is 18.3. The number of aryl methyl sites for hydroxylation is 2. The number of nitrogen functional groups attached to an aromatic ring is 1. The molecule has 4 fully saturated rings. The van der Waals surface area contributed by atoms with Gasteiger partial charge in [-0.15, -0.1) is 0 Å². The zero-order chi connectivity index (χ0) is 37.8. The number of anilines is 3. The summed E-state index contributed by atoms with van der Waals surface area (Å²) < 4.78 is 10.7. The summed E-state index contributed by atoms with van der Waals surface area (Å²) in [4.78, 5) is 26.0. The van der Waals surface area contributed by atoms with Gasteiger partial charge in [0.05, 0.1) is 24.8 Å². The molecule has 0 aliphatic carbocycles. The summed E-state index contributed by atoms with van der Waals surface area (Å²) in [7, 11) is 8.60. The maximum Gasteiger partial charge on any atom is 0.311 e. The Kier molecular flexibility index (Phi) is 17.9. The second kappa shape index (κ2) is 21.5. The minimum absolute atomic E-state index is 0. The summed E-state index contributed by atoms with van der Waals surface area (Å²) in [6, 6.07) is 9.15. The Morgan fingerprint density at radius 3 is 1.42 bits per heavy atom. The standard InChI is InChI=1S/C19H30N4O3.C19H32N4O.CH4O.CH4/c1-4-15-13-18(23(24)25)19(26-3)14-17(15)22-7-5-16(6-8-22)21-11-9-20(2)10-12-21;1-4-15-13-17(20)19(24-3)14-18(15)23-7-5-16(6-8-23)22-11-9-21(2)10-12-22;1-2;/h13-14,16H,4-12H2,1-3H3;13-14,16H,4-12,20H2,1-3H3;2H,1H3;1H4. The number of ether oxygens (including phenoxy) is 2. The lowest BCUT2D eigenvalue weighted by Gasteiger charge is -2.43. The Hall–Kier alpha value is -3.36. The highest BCUT2D eigenvalue weighted by Crippen LogP contribution is 2.37. The Labute approximate surface area is 319 Å². The number of piperazine rings is 2. The monoisotopic (exact) mass is 743 g/mol. The minimum Gasteiger partial charge on any atom is -0.495 e. The van der Waals surface area contributed by atoms with Gasteiger partial charge in [0, 0.05) is 127 Å². The van der Waals surface area contributed by atoms with Crippen LogP contribution in [0, 0.1) is 10.1 Å². The average molecular weight is 743 g/mol. The molecule has 13 heteroatoms. The molecule has 2 aromatic carbocycles. The predicted molar refractivity (Wildman–Crippen MR) is 219 cm³/mol. The number of methoxy groups -OCH3 is 2. The van der Waals surface area contributed by atoms with E-state index in [9.17, 15) is 10.1 Å². The summed E-state index contributed by atoms with van der Waals surface area (Å²) >= 11 is 0. The first kappa shape index (κ1) is 44.0. The molecule has 6 rings (SSSR count). The smallest absolute Gasteiger partial charge is 0.311 e. The fraction of sp³-hybridized carbons (Fsp3) is 0.700. The molecule has 0 bridgehead atoms. The number of aliphatic hydroxyl groups is 1. The fourth-order valence-electron chi connectivity index (χ4n) is 8.19. The number of rotatable bonds is 9. The molecule has 53 heavy (non-hydrogen) atoms. The van der Waals surface area contributed by atoms with E-state index in [0.29, 0.717) is 11.8 Å². The molecule has 2 aromatic rings. The summed E-state index contributed by atoms with van der Waals surface area (Å²) in [6.45, 7) is 17.9. The Morgan fingerprint density at radius 2 is 1.06 bits per heavy atom. The van der Waals surface area contributed by atoms with E-state index in [1.54, 1.807) is 13.2 Å². The van der Waals surface area contributed by atoms with Gasteiger partial charge in [-0.25, -0.2) is 0 Å². The number of nitrogens with two attached hydrogens (primary N) is 1. The highest BCUT2D eigenvalue weighted by molar-refractivity contribution is 5.67. The van der Waals surface area contributed by atoms with Crippen molar-refractivity contribution in [3.05, 3.63) is 45.5 Å². The van der Waals surface area contributed by atoms with Gasteiger partial charge in [0.1, 0.15) is 5.75 Å². The van der Waals surface area contributed by atoms with Gasteiger partial charge in [0.25, 0.3) is 0 Å². The normalized spacial score (nSPS) is 19.7. The van der Waals surface area contributed by atoms with Crippen LogP contribution in [0.4, 0.5) is 22.7 Å². The van der Waals surface area contributed by atoms with E-state index in [-0.39, 0.29) is 18.0 Å². The van der Waals surface area contributed by atoms with Crippen molar-refractivity contribution >= 4 is 22.7 Å². The predicted octanol–water partition coefficient (Wildman–Crippen LogP) is 4.68. The SMILES string of the molecule is C.CCc1cc(N)c(OC)cc1N1CCC(N2CCN(C)CC2)CC1.CCc1cc([N+](=O)[O-])c(OC)cc1N1CCC(N2CCN(C)CC2)CC1.CO. The van der Waals surface area contributed by atoms with E-state index < -0.39 is 0 Å². The third-order valence-electron chi connectivity index (χ3n) is 11.5. The number of hydrogen-bond acceptors (Lipinski definition) is 12. The van der Waals surface area contributed by atoms with E-state index in [2.05, 4.69) is 62.6 Å². The topological polar surface area (TPSA) is 127 Å². The zero-order valence-electron chi connectivity index (χ0n) is 33.0. The van der Waals surface area contributed by atoms with Crippen LogP contribution < -0.4 is 25.0 Å². The molecular formula is C40H70N8O5. The maximum absolute atomic E-state index is 11.3. The molecule has 0 unspecified atom stereocenters. The molecule has 3 N–H and O–H groups in total. The van der Waals surface area contributed by atoms with Crippen molar-refractivity contribution in [3.8, 4) is 11.5 Å². The first-order valence-corrected chi connectivity index (χ1v) is 19.3.